The van der Waals surface area contributed by atoms with Gasteiger partial charge in [0.15, 0.2) is 0 Å². The van der Waals surface area contributed by atoms with Crippen LogP contribution in [0, 0.1) is 0 Å². The molecule has 2 aromatic heterocycles. The van der Waals surface area contributed by atoms with Crippen LogP contribution in [0.5, 0.6) is 0 Å². The van der Waals surface area contributed by atoms with Gasteiger partial charge < -0.3 is 10.3 Å². The van der Waals surface area contributed by atoms with Gasteiger partial charge in [-0.15, -0.1) is 0 Å². The SMILES string of the molecule is O=C(NCCCc1nc2ccccc2[nH]1)c1cnn(-c2ccc(Cl)cc2Cl)c1C1CC1. The van der Waals surface area contributed by atoms with Gasteiger partial charge in [-0.25, -0.2) is 9.67 Å². The first-order valence-corrected chi connectivity index (χ1v) is 11.1. The quantitative estimate of drug-likeness (QED) is 0.373. The Kier molecular flexibility index (Phi) is 5.42. The van der Waals surface area contributed by atoms with Crippen LogP contribution in [0.2, 0.25) is 10.0 Å². The summed E-state index contributed by atoms with van der Waals surface area (Å²) in [6.45, 7) is 0.562. The van der Waals surface area contributed by atoms with Gasteiger partial charge in [0.25, 0.3) is 5.91 Å². The lowest BCUT2D eigenvalue weighted by Gasteiger charge is -2.11. The molecule has 8 heteroatoms. The van der Waals surface area contributed by atoms with Crippen molar-refractivity contribution in [3.63, 3.8) is 0 Å². The van der Waals surface area contributed by atoms with Crippen LogP contribution in [0.1, 0.15) is 47.1 Å². The molecule has 0 atom stereocenters. The first-order valence-electron chi connectivity index (χ1n) is 10.4. The number of nitrogens with zero attached hydrogens (tertiary/aromatic N) is 3. The summed E-state index contributed by atoms with van der Waals surface area (Å²) < 4.78 is 1.78. The Bertz CT molecular complexity index is 1230. The van der Waals surface area contributed by atoms with Crippen molar-refractivity contribution < 1.29 is 4.79 Å². The third-order valence-electron chi connectivity index (χ3n) is 5.47. The van der Waals surface area contributed by atoms with Crippen LogP contribution in [0.3, 0.4) is 0 Å². The second-order valence-electron chi connectivity index (χ2n) is 7.79. The van der Waals surface area contributed by atoms with E-state index < -0.39 is 0 Å². The lowest BCUT2D eigenvalue weighted by atomic mass is 10.1. The van der Waals surface area contributed by atoms with Crippen molar-refractivity contribution in [1.29, 1.82) is 0 Å². The lowest BCUT2D eigenvalue weighted by Crippen LogP contribution is -2.25. The van der Waals surface area contributed by atoms with Crippen molar-refractivity contribution >= 4 is 40.1 Å². The molecule has 0 radical (unpaired) electrons. The van der Waals surface area contributed by atoms with Crippen LogP contribution < -0.4 is 5.32 Å². The average Bonchev–Trinajstić information content (AvgIpc) is 3.36. The minimum atomic E-state index is -0.108. The molecule has 0 unspecified atom stereocenters. The molecule has 1 amide bonds. The second-order valence-corrected chi connectivity index (χ2v) is 8.63. The molecule has 0 bridgehead atoms. The summed E-state index contributed by atoms with van der Waals surface area (Å²) in [5.74, 6) is 1.15. The molecule has 1 fully saturated rings. The first-order chi connectivity index (χ1) is 15.1. The summed E-state index contributed by atoms with van der Waals surface area (Å²) in [6, 6.07) is 13.3. The Morgan fingerprint density at radius 1 is 1.19 bits per heavy atom. The molecule has 2 N–H and O–H groups in total. The first kappa shape index (κ1) is 20.1. The topological polar surface area (TPSA) is 75.6 Å². The van der Waals surface area contributed by atoms with Crippen molar-refractivity contribution in [1.82, 2.24) is 25.1 Å². The number of halogens is 2. The van der Waals surface area contributed by atoms with E-state index in [0.29, 0.717) is 28.1 Å². The van der Waals surface area contributed by atoms with E-state index in [4.69, 9.17) is 23.2 Å². The number of carbonyl (C=O) groups excluding carboxylic acids is 1. The van der Waals surface area contributed by atoms with Gasteiger partial charge in [-0.3, -0.25) is 4.79 Å². The number of hydrogen-bond acceptors (Lipinski definition) is 3. The number of amides is 1. The van der Waals surface area contributed by atoms with E-state index in [1.165, 1.54) is 0 Å². The van der Waals surface area contributed by atoms with E-state index in [1.54, 1.807) is 23.0 Å². The van der Waals surface area contributed by atoms with Gasteiger partial charge in [-0.05, 0) is 49.6 Å². The van der Waals surface area contributed by atoms with Gasteiger partial charge in [0.05, 0.1) is 39.2 Å². The predicted molar refractivity (Wildman–Crippen MR) is 122 cm³/mol. The average molecular weight is 454 g/mol. The molecule has 0 aliphatic heterocycles. The minimum Gasteiger partial charge on any atom is -0.352 e. The second kappa shape index (κ2) is 8.36. The fraction of sp³-hybridized carbons (Fsp3) is 0.261. The normalized spacial score (nSPS) is 13.6. The third-order valence-corrected chi connectivity index (χ3v) is 6.01. The summed E-state index contributed by atoms with van der Waals surface area (Å²) in [5.41, 5.74) is 4.25. The van der Waals surface area contributed by atoms with E-state index in [-0.39, 0.29) is 5.91 Å². The molecule has 31 heavy (non-hydrogen) atoms. The molecular formula is C23H21Cl2N5O. The number of aromatic nitrogens is 4. The smallest absolute Gasteiger partial charge is 0.254 e. The number of H-pyrrole nitrogens is 1. The van der Waals surface area contributed by atoms with E-state index in [9.17, 15) is 4.79 Å². The van der Waals surface area contributed by atoms with Crippen LogP contribution in [0.25, 0.3) is 16.7 Å². The molecule has 4 aromatic rings. The van der Waals surface area contributed by atoms with E-state index in [2.05, 4.69) is 20.4 Å². The van der Waals surface area contributed by atoms with Gasteiger partial charge in [0.1, 0.15) is 5.82 Å². The number of carbonyl (C=O) groups is 1. The van der Waals surface area contributed by atoms with E-state index in [0.717, 1.165) is 53.9 Å². The molecular weight excluding hydrogens is 433 g/mol. The third kappa shape index (κ3) is 4.18. The molecule has 5 rings (SSSR count). The van der Waals surface area contributed by atoms with Gasteiger partial charge in [0.2, 0.25) is 0 Å². The number of nitrogens with one attached hydrogen (secondary N) is 2. The maximum atomic E-state index is 12.9. The van der Waals surface area contributed by atoms with E-state index in [1.807, 2.05) is 30.3 Å². The Labute approximate surface area is 189 Å². The zero-order valence-electron chi connectivity index (χ0n) is 16.7. The van der Waals surface area contributed by atoms with Crippen molar-refractivity contribution in [3.8, 4) is 5.69 Å². The number of benzene rings is 2. The highest BCUT2D eigenvalue weighted by Gasteiger charge is 2.33. The van der Waals surface area contributed by atoms with E-state index >= 15 is 0 Å². The van der Waals surface area contributed by atoms with Crippen LogP contribution >= 0.6 is 23.2 Å². The molecule has 0 spiro atoms. The molecule has 2 aromatic carbocycles. The number of hydrogen-bond donors (Lipinski definition) is 2. The number of aromatic amines is 1. The predicted octanol–water partition coefficient (Wildman–Crippen LogP) is 5.30. The fourth-order valence-electron chi connectivity index (χ4n) is 3.80. The summed E-state index contributed by atoms with van der Waals surface area (Å²) in [5, 5.41) is 8.57. The lowest BCUT2D eigenvalue weighted by molar-refractivity contribution is 0.0952. The zero-order chi connectivity index (χ0) is 21.4. The summed E-state index contributed by atoms with van der Waals surface area (Å²) >= 11 is 12.4. The highest BCUT2D eigenvalue weighted by molar-refractivity contribution is 6.35. The fourth-order valence-corrected chi connectivity index (χ4v) is 4.29. The van der Waals surface area contributed by atoms with Crippen LogP contribution in [-0.4, -0.2) is 32.2 Å². The Morgan fingerprint density at radius 2 is 2.03 bits per heavy atom. The Morgan fingerprint density at radius 3 is 2.81 bits per heavy atom. The number of imidazole rings is 1. The summed E-state index contributed by atoms with van der Waals surface area (Å²) in [4.78, 5) is 20.8. The largest absolute Gasteiger partial charge is 0.352 e. The van der Waals surface area contributed by atoms with Crippen molar-refractivity contribution in [3.05, 3.63) is 75.8 Å². The summed E-state index contributed by atoms with van der Waals surface area (Å²) in [6.07, 6.45) is 5.28. The summed E-state index contributed by atoms with van der Waals surface area (Å²) in [7, 11) is 0. The molecule has 0 saturated heterocycles. The Balaban J connectivity index is 1.26. The molecule has 1 aliphatic rings. The molecule has 1 saturated carbocycles. The number of para-hydroxylation sites is 2. The highest BCUT2D eigenvalue weighted by Crippen LogP contribution is 2.43. The van der Waals surface area contributed by atoms with Crippen LogP contribution in [-0.2, 0) is 6.42 Å². The molecule has 1 aliphatic carbocycles. The van der Waals surface area contributed by atoms with Gasteiger partial charge in [-0.1, -0.05) is 35.3 Å². The molecule has 6 nitrogen and oxygen atoms in total. The monoisotopic (exact) mass is 453 g/mol. The minimum absolute atomic E-state index is 0.108. The maximum absolute atomic E-state index is 12.9. The number of rotatable bonds is 7. The van der Waals surface area contributed by atoms with Crippen molar-refractivity contribution in [2.75, 3.05) is 6.54 Å². The van der Waals surface area contributed by atoms with Gasteiger partial charge in [-0.2, -0.15) is 5.10 Å². The maximum Gasteiger partial charge on any atom is 0.254 e. The zero-order valence-corrected chi connectivity index (χ0v) is 18.2. The highest BCUT2D eigenvalue weighted by atomic mass is 35.5. The number of aryl methyl sites for hydroxylation is 1. The standard InChI is InChI=1S/C23H21Cl2N5O/c24-15-9-10-20(17(25)12-15)30-22(14-7-8-14)16(13-27-30)23(31)26-11-3-6-21-28-18-4-1-2-5-19(18)29-21/h1-2,4-5,9-10,12-14H,3,6-8,11H2,(H,26,31)(H,28,29). The number of fused-ring (bicyclic) bond motifs is 1. The molecule has 2 heterocycles. The van der Waals surface area contributed by atoms with Crippen LogP contribution in [0.4, 0.5) is 0 Å². The van der Waals surface area contributed by atoms with Gasteiger partial charge in [0, 0.05) is 23.9 Å². The molecule has 158 valence electrons. The van der Waals surface area contributed by atoms with Crippen molar-refractivity contribution in [2.24, 2.45) is 0 Å². The van der Waals surface area contributed by atoms with Gasteiger partial charge >= 0.3 is 0 Å². The van der Waals surface area contributed by atoms with Crippen molar-refractivity contribution in [2.45, 2.75) is 31.6 Å². The van der Waals surface area contributed by atoms with Crippen LogP contribution in [0.15, 0.2) is 48.7 Å². The Hall–Kier alpha value is -2.83.